The van der Waals surface area contributed by atoms with Gasteiger partial charge in [-0.05, 0) is 48.6 Å². The molecule has 1 atom stereocenters. The number of fused-ring (bicyclic) bond motifs is 1. The third kappa shape index (κ3) is 3.64. The monoisotopic (exact) mass is 354 g/mol. The van der Waals surface area contributed by atoms with E-state index < -0.39 is 5.91 Å². The van der Waals surface area contributed by atoms with Crippen molar-refractivity contribution >= 4 is 11.8 Å². The van der Waals surface area contributed by atoms with Crippen LogP contribution in [0.2, 0.25) is 0 Å². The van der Waals surface area contributed by atoms with Crippen molar-refractivity contribution in [3.8, 4) is 11.5 Å². The summed E-state index contributed by atoms with van der Waals surface area (Å²) in [5.41, 5.74) is 7.63. The van der Waals surface area contributed by atoms with E-state index in [-0.39, 0.29) is 11.8 Å². The number of hydrogen-bond acceptors (Lipinski definition) is 4. The maximum Gasteiger partial charge on any atom is 0.269 e. The van der Waals surface area contributed by atoms with Crippen LogP contribution in [0, 0.1) is 0 Å². The molecule has 0 heterocycles. The number of benzene rings is 2. The number of hydrogen-bond donors (Lipinski definition) is 2. The molecule has 1 aliphatic carbocycles. The van der Waals surface area contributed by atoms with E-state index in [1.54, 1.807) is 18.2 Å². The molecule has 2 aromatic carbocycles. The second-order valence-corrected chi connectivity index (χ2v) is 6.16. The van der Waals surface area contributed by atoms with Crippen LogP contribution in [0.1, 0.15) is 40.2 Å². The SMILES string of the molecule is COc1ccc(C(=O)NNC(=O)C2CCCc3ccccc32)cc1OC. The Hall–Kier alpha value is -3.02. The highest BCUT2D eigenvalue weighted by molar-refractivity contribution is 5.96. The van der Waals surface area contributed by atoms with E-state index in [9.17, 15) is 9.59 Å². The van der Waals surface area contributed by atoms with E-state index >= 15 is 0 Å². The fourth-order valence-electron chi connectivity index (χ4n) is 3.28. The lowest BCUT2D eigenvalue weighted by Crippen LogP contribution is -2.44. The molecule has 6 heteroatoms. The maximum absolute atomic E-state index is 12.5. The molecule has 0 radical (unpaired) electrons. The molecule has 2 N–H and O–H groups in total. The zero-order valence-corrected chi connectivity index (χ0v) is 14.9. The van der Waals surface area contributed by atoms with Crippen molar-refractivity contribution in [2.75, 3.05) is 14.2 Å². The van der Waals surface area contributed by atoms with Crippen molar-refractivity contribution in [2.45, 2.75) is 25.2 Å². The average molecular weight is 354 g/mol. The Labute approximate surface area is 152 Å². The second-order valence-electron chi connectivity index (χ2n) is 6.16. The molecule has 1 unspecified atom stereocenters. The van der Waals surface area contributed by atoms with Crippen molar-refractivity contribution in [3.05, 3.63) is 59.2 Å². The first-order chi connectivity index (χ1) is 12.6. The van der Waals surface area contributed by atoms with Gasteiger partial charge in [-0.1, -0.05) is 24.3 Å². The number of ether oxygens (including phenoxy) is 2. The summed E-state index contributed by atoms with van der Waals surface area (Å²) in [6, 6.07) is 12.8. The van der Waals surface area contributed by atoms with Crippen LogP contribution in [0.3, 0.4) is 0 Å². The van der Waals surface area contributed by atoms with Crippen LogP contribution >= 0.6 is 0 Å². The number of carbonyl (C=O) groups excluding carboxylic acids is 2. The molecule has 0 saturated carbocycles. The van der Waals surface area contributed by atoms with Gasteiger partial charge in [0, 0.05) is 5.56 Å². The summed E-state index contributed by atoms with van der Waals surface area (Å²) in [6.07, 6.45) is 2.71. The van der Waals surface area contributed by atoms with E-state index in [0.717, 1.165) is 24.8 Å². The number of rotatable bonds is 4. The highest BCUT2D eigenvalue weighted by Crippen LogP contribution is 2.31. The number of amides is 2. The Morgan fingerprint density at radius 1 is 1.00 bits per heavy atom. The second kappa shape index (κ2) is 7.91. The summed E-state index contributed by atoms with van der Waals surface area (Å²) in [5.74, 6) is 0.125. The molecular weight excluding hydrogens is 332 g/mol. The first-order valence-electron chi connectivity index (χ1n) is 8.54. The quantitative estimate of drug-likeness (QED) is 0.828. The predicted molar refractivity (Wildman–Crippen MR) is 97.3 cm³/mol. The molecule has 0 bridgehead atoms. The van der Waals surface area contributed by atoms with Gasteiger partial charge in [0.2, 0.25) is 5.91 Å². The zero-order valence-electron chi connectivity index (χ0n) is 14.9. The molecule has 2 aromatic rings. The van der Waals surface area contributed by atoms with Crippen LogP contribution in [0.4, 0.5) is 0 Å². The molecule has 26 heavy (non-hydrogen) atoms. The number of carbonyl (C=O) groups is 2. The van der Waals surface area contributed by atoms with Gasteiger partial charge in [-0.15, -0.1) is 0 Å². The van der Waals surface area contributed by atoms with Crippen LogP contribution < -0.4 is 20.3 Å². The largest absolute Gasteiger partial charge is 0.493 e. The maximum atomic E-state index is 12.5. The first kappa shape index (κ1) is 17.8. The van der Waals surface area contributed by atoms with Crippen LogP contribution in [0.5, 0.6) is 11.5 Å². The summed E-state index contributed by atoms with van der Waals surface area (Å²) >= 11 is 0. The Morgan fingerprint density at radius 3 is 2.54 bits per heavy atom. The molecule has 0 aliphatic heterocycles. The van der Waals surface area contributed by atoms with E-state index in [1.165, 1.54) is 19.8 Å². The summed E-state index contributed by atoms with van der Waals surface area (Å²) in [7, 11) is 3.03. The normalized spacial score (nSPS) is 15.5. The van der Waals surface area contributed by atoms with Gasteiger partial charge in [0.25, 0.3) is 5.91 Å². The van der Waals surface area contributed by atoms with Gasteiger partial charge in [0.1, 0.15) is 0 Å². The lowest BCUT2D eigenvalue weighted by Gasteiger charge is -2.24. The van der Waals surface area contributed by atoms with Crippen LogP contribution in [-0.4, -0.2) is 26.0 Å². The molecule has 0 saturated heterocycles. The number of aryl methyl sites for hydroxylation is 1. The van der Waals surface area contributed by atoms with Gasteiger partial charge < -0.3 is 9.47 Å². The Kier molecular flexibility index (Phi) is 5.41. The standard InChI is InChI=1S/C20H22N2O4/c1-25-17-11-10-14(12-18(17)26-2)19(23)21-22-20(24)16-9-5-7-13-6-3-4-8-15(13)16/h3-4,6,8,10-12,16H,5,7,9H2,1-2H3,(H,21,23)(H,22,24). The molecule has 6 nitrogen and oxygen atoms in total. The third-order valence-electron chi connectivity index (χ3n) is 4.63. The predicted octanol–water partition coefficient (Wildman–Crippen LogP) is 2.58. The Bertz CT molecular complexity index is 819. The summed E-state index contributed by atoms with van der Waals surface area (Å²) < 4.78 is 10.3. The van der Waals surface area contributed by atoms with Gasteiger partial charge in [0.15, 0.2) is 11.5 Å². The highest BCUT2D eigenvalue weighted by atomic mass is 16.5. The molecule has 1 aliphatic rings. The lowest BCUT2D eigenvalue weighted by molar-refractivity contribution is -0.123. The van der Waals surface area contributed by atoms with Crippen molar-refractivity contribution in [1.82, 2.24) is 10.9 Å². The average Bonchev–Trinajstić information content (AvgIpc) is 2.70. The van der Waals surface area contributed by atoms with E-state index in [0.29, 0.717) is 17.1 Å². The zero-order chi connectivity index (χ0) is 18.5. The van der Waals surface area contributed by atoms with E-state index in [4.69, 9.17) is 9.47 Å². The molecule has 136 valence electrons. The molecule has 3 rings (SSSR count). The molecule has 0 fully saturated rings. The fourth-order valence-corrected chi connectivity index (χ4v) is 3.28. The fraction of sp³-hybridized carbons (Fsp3) is 0.300. The topological polar surface area (TPSA) is 76.7 Å². The minimum absolute atomic E-state index is 0.203. The molecule has 2 amide bonds. The van der Waals surface area contributed by atoms with E-state index in [2.05, 4.69) is 16.9 Å². The molecule has 0 spiro atoms. The molecule has 0 aromatic heterocycles. The Morgan fingerprint density at radius 2 is 1.77 bits per heavy atom. The van der Waals surface area contributed by atoms with Crippen molar-refractivity contribution in [2.24, 2.45) is 0 Å². The van der Waals surface area contributed by atoms with Gasteiger partial charge >= 0.3 is 0 Å². The molecular formula is C20H22N2O4. The Balaban J connectivity index is 1.66. The minimum atomic E-state index is -0.414. The van der Waals surface area contributed by atoms with Crippen LogP contribution in [-0.2, 0) is 11.2 Å². The summed E-state index contributed by atoms with van der Waals surface area (Å²) in [5, 5.41) is 0. The third-order valence-corrected chi connectivity index (χ3v) is 4.63. The van der Waals surface area contributed by atoms with Crippen molar-refractivity contribution in [1.29, 1.82) is 0 Å². The van der Waals surface area contributed by atoms with Gasteiger partial charge in [-0.3, -0.25) is 20.4 Å². The van der Waals surface area contributed by atoms with Gasteiger partial charge in [-0.2, -0.15) is 0 Å². The minimum Gasteiger partial charge on any atom is -0.493 e. The number of nitrogens with one attached hydrogen (secondary N) is 2. The van der Waals surface area contributed by atoms with Crippen LogP contribution in [0.25, 0.3) is 0 Å². The number of hydrazine groups is 1. The lowest BCUT2D eigenvalue weighted by atomic mass is 9.82. The van der Waals surface area contributed by atoms with Gasteiger partial charge in [0.05, 0.1) is 20.1 Å². The van der Waals surface area contributed by atoms with Crippen LogP contribution in [0.15, 0.2) is 42.5 Å². The highest BCUT2D eigenvalue weighted by Gasteiger charge is 2.26. The van der Waals surface area contributed by atoms with Gasteiger partial charge in [-0.25, -0.2) is 0 Å². The van der Waals surface area contributed by atoms with Crippen molar-refractivity contribution < 1.29 is 19.1 Å². The number of methoxy groups -OCH3 is 2. The smallest absolute Gasteiger partial charge is 0.269 e. The van der Waals surface area contributed by atoms with Crippen molar-refractivity contribution in [3.63, 3.8) is 0 Å². The summed E-state index contributed by atoms with van der Waals surface area (Å²) in [4.78, 5) is 24.9. The summed E-state index contributed by atoms with van der Waals surface area (Å²) in [6.45, 7) is 0. The van der Waals surface area contributed by atoms with E-state index in [1.807, 2.05) is 18.2 Å². The first-order valence-corrected chi connectivity index (χ1v) is 8.54.